The van der Waals surface area contributed by atoms with Crippen LogP contribution in [0.5, 0.6) is 0 Å². The monoisotopic (exact) mass is 419 g/mol. The molecule has 0 unspecified atom stereocenters. The van der Waals surface area contributed by atoms with E-state index >= 15 is 0 Å². The molecule has 31 heavy (non-hydrogen) atoms. The van der Waals surface area contributed by atoms with E-state index in [0.717, 1.165) is 24.2 Å². The van der Waals surface area contributed by atoms with Gasteiger partial charge in [0.1, 0.15) is 11.3 Å². The average molecular weight is 419 g/mol. The van der Waals surface area contributed by atoms with Gasteiger partial charge in [0.05, 0.1) is 5.39 Å². The Morgan fingerprint density at radius 1 is 0.968 bits per heavy atom. The van der Waals surface area contributed by atoms with Crippen molar-refractivity contribution in [3.05, 3.63) is 80.6 Å². The van der Waals surface area contributed by atoms with Crippen molar-refractivity contribution >= 4 is 23.0 Å². The van der Waals surface area contributed by atoms with Gasteiger partial charge < -0.3 is 4.90 Å². The Morgan fingerprint density at radius 3 is 2.39 bits per heavy atom. The van der Waals surface area contributed by atoms with Crippen molar-refractivity contribution in [3.8, 4) is 0 Å². The number of aromatic nitrogens is 3. The minimum atomic E-state index is -0.466. The van der Waals surface area contributed by atoms with E-state index in [2.05, 4.69) is 34.2 Å². The quantitative estimate of drug-likeness (QED) is 0.633. The molecule has 1 amide bonds. The minimum absolute atomic E-state index is 0.186. The lowest BCUT2D eigenvalue weighted by Gasteiger charge is -2.34. The van der Waals surface area contributed by atoms with E-state index in [1.165, 1.54) is 17.2 Å². The summed E-state index contributed by atoms with van der Waals surface area (Å²) in [5.74, 6) is -0.186. The summed E-state index contributed by atoms with van der Waals surface area (Å²) in [7, 11) is 2.98. The first-order valence-corrected chi connectivity index (χ1v) is 10.3. The zero-order valence-corrected chi connectivity index (χ0v) is 17.7. The Hall–Kier alpha value is -3.52. The molecule has 3 heterocycles. The number of carbonyl (C=O) groups excluding carboxylic acids is 1. The number of nitrogens with zero attached hydrogens (tertiary/aromatic N) is 5. The highest BCUT2D eigenvalue weighted by Crippen LogP contribution is 2.11. The van der Waals surface area contributed by atoms with Gasteiger partial charge in [-0.15, -0.1) is 0 Å². The second-order valence-corrected chi connectivity index (χ2v) is 7.68. The standard InChI is InChI=1S/C23H25N5O3/c1-25-20-18(21(29)26(2)23(25)31)10-11-19(24-20)22(30)28-15-13-27(14-16-28)12-6-9-17-7-4-3-5-8-17/h3-11H,12-16H2,1-2H3/b9-6+. The summed E-state index contributed by atoms with van der Waals surface area (Å²) in [6, 6.07) is 13.3. The summed E-state index contributed by atoms with van der Waals surface area (Å²) >= 11 is 0. The van der Waals surface area contributed by atoms with E-state index in [-0.39, 0.29) is 17.2 Å². The molecule has 160 valence electrons. The van der Waals surface area contributed by atoms with Crippen LogP contribution in [0.3, 0.4) is 0 Å². The summed E-state index contributed by atoms with van der Waals surface area (Å²) in [4.78, 5) is 45.8. The maximum absolute atomic E-state index is 13.0. The van der Waals surface area contributed by atoms with Gasteiger partial charge in [-0.2, -0.15) is 0 Å². The van der Waals surface area contributed by atoms with Crippen molar-refractivity contribution in [2.24, 2.45) is 14.1 Å². The van der Waals surface area contributed by atoms with Gasteiger partial charge in [0, 0.05) is 46.8 Å². The van der Waals surface area contributed by atoms with Crippen molar-refractivity contribution in [1.29, 1.82) is 0 Å². The van der Waals surface area contributed by atoms with Crippen LogP contribution >= 0.6 is 0 Å². The van der Waals surface area contributed by atoms with Crippen LogP contribution in [0.15, 0.2) is 58.1 Å². The maximum Gasteiger partial charge on any atom is 0.332 e. The Balaban J connectivity index is 1.43. The third kappa shape index (κ3) is 4.20. The van der Waals surface area contributed by atoms with Crippen molar-refractivity contribution in [1.82, 2.24) is 23.9 Å². The summed E-state index contributed by atoms with van der Waals surface area (Å²) < 4.78 is 2.33. The fourth-order valence-corrected chi connectivity index (χ4v) is 3.77. The molecular formula is C23H25N5O3. The first kappa shape index (κ1) is 20.7. The second-order valence-electron chi connectivity index (χ2n) is 7.68. The van der Waals surface area contributed by atoms with Crippen LogP contribution < -0.4 is 11.2 Å². The molecule has 0 bridgehead atoms. The Kier molecular flexibility index (Phi) is 5.81. The predicted octanol–water partition coefficient (Wildman–Crippen LogP) is 1.10. The van der Waals surface area contributed by atoms with E-state index in [9.17, 15) is 14.4 Å². The largest absolute Gasteiger partial charge is 0.335 e. The Morgan fingerprint density at radius 2 is 1.68 bits per heavy atom. The fraction of sp³-hybridized carbons (Fsp3) is 0.304. The number of rotatable bonds is 4. The van der Waals surface area contributed by atoms with Crippen molar-refractivity contribution in [3.63, 3.8) is 0 Å². The van der Waals surface area contributed by atoms with Crippen molar-refractivity contribution in [2.45, 2.75) is 0 Å². The van der Waals surface area contributed by atoms with Crippen molar-refractivity contribution in [2.75, 3.05) is 32.7 Å². The van der Waals surface area contributed by atoms with Gasteiger partial charge in [-0.25, -0.2) is 9.78 Å². The first-order chi connectivity index (χ1) is 15.0. The van der Waals surface area contributed by atoms with Crippen LogP contribution in [0, 0.1) is 0 Å². The zero-order valence-electron chi connectivity index (χ0n) is 17.7. The first-order valence-electron chi connectivity index (χ1n) is 10.3. The highest BCUT2D eigenvalue weighted by Gasteiger charge is 2.23. The number of pyridine rings is 1. The molecule has 3 aromatic rings. The lowest BCUT2D eigenvalue weighted by molar-refractivity contribution is 0.0645. The SMILES string of the molecule is Cn1c(=O)c2ccc(C(=O)N3CCN(C/C=C/c4ccccc4)CC3)nc2n(C)c1=O. The van der Waals surface area contributed by atoms with E-state index in [1.807, 2.05) is 18.2 Å². The molecule has 1 aromatic carbocycles. The van der Waals surface area contributed by atoms with Gasteiger partial charge in [0.25, 0.3) is 11.5 Å². The average Bonchev–Trinajstić information content (AvgIpc) is 2.81. The Bertz CT molecular complexity index is 1250. The zero-order chi connectivity index (χ0) is 22.0. The number of hydrogen-bond donors (Lipinski definition) is 0. The van der Waals surface area contributed by atoms with Crippen LogP contribution in [-0.2, 0) is 14.1 Å². The Labute approximate surface area is 179 Å². The summed E-state index contributed by atoms with van der Waals surface area (Å²) in [6.07, 6.45) is 4.24. The van der Waals surface area contributed by atoms with Gasteiger partial charge in [-0.1, -0.05) is 42.5 Å². The topological polar surface area (TPSA) is 80.4 Å². The molecule has 0 radical (unpaired) electrons. The van der Waals surface area contributed by atoms with E-state index in [4.69, 9.17) is 0 Å². The van der Waals surface area contributed by atoms with Crippen LogP contribution in [0.4, 0.5) is 0 Å². The fourth-order valence-electron chi connectivity index (χ4n) is 3.77. The van der Waals surface area contributed by atoms with Gasteiger partial charge in [-0.05, 0) is 17.7 Å². The minimum Gasteiger partial charge on any atom is -0.335 e. The molecule has 0 aliphatic carbocycles. The predicted molar refractivity (Wildman–Crippen MR) is 120 cm³/mol. The third-order valence-corrected chi connectivity index (χ3v) is 5.65. The number of amides is 1. The van der Waals surface area contributed by atoms with Gasteiger partial charge in [-0.3, -0.25) is 23.6 Å². The molecule has 8 nitrogen and oxygen atoms in total. The lowest BCUT2D eigenvalue weighted by Crippen LogP contribution is -2.48. The molecule has 0 saturated carbocycles. The lowest BCUT2D eigenvalue weighted by atomic mass is 10.2. The number of aryl methyl sites for hydroxylation is 1. The van der Waals surface area contributed by atoms with Gasteiger partial charge >= 0.3 is 5.69 Å². The molecule has 1 saturated heterocycles. The number of benzene rings is 1. The maximum atomic E-state index is 13.0. The molecule has 0 spiro atoms. The highest BCUT2D eigenvalue weighted by atomic mass is 16.2. The molecular weight excluding hydrogens is 394 g/mol. The molecule has 1 aliphatic rings. The van der Waals surface area contributed by atoms with Gasteiger partial charge in [0.2, 0.25) is 0 Å². The molecule has 8 heteroatoms. The molecule has 0 atom stereocenters. The molecule has 0 N–H and O–H groups in total. The number of fused-ring (bicyclic) bond motifs is 1. The van der Waals surface area contributed by atoms with Crippen LogP contribution in [-0.4, -0.2) is 62.5 Å². The normalized spacial score (nSPS) is 15.1. The molecule has 1 fully saturated rings. The molecule has 4 rings (SSSR count). The number of hydrogen-bond acceptors (Lipinski definition) is 5. The van der Waals surface area contributed by atoms with E-state index in [0.29, 0.717) is 18.5 Å². The van der Waals surface area contributed by atoms with E-state index < -0.39 is 11.2 Å². The van der Waals surface area contributed by atoms with Crippen molar-refractivity contribution < 1.29 is 4.79 Å². The van der Waals surface area contributed by atoms with Crippen LogP contribution in [0.25, 0.3) is 17.1 Å². The second kappa shape index (κ2) is 8.69. The summed E-state index contributed by atoms with van der Waals surface area (Å²) in [5.41, 5.74) is 0.758. The third-order valence-electron chi connectivity index (χ3n) is 5.65. The molecule has 2 aromatic heterocycles. The smallest absolute Gasteiger partial charge is 0.332 e. The summed E-state index contributed by atoms with van der Waals surface area (Å²) in [5, 5.41) is 0.316. The van der Waals surface area contributed by atoms with Crippen LogP contribution in [0.2, 0.25) is 0 Å². The van der Waals surface area contributed by atoms with Gasteiger partial charge in [0.15, 0.2) is 0 Å². The molecule has 1 aliphatic heterocycles. The number of carbonyl (C=O) groups is 1. The highest BCUT2D eigenvalue weighted by molar-refractivity contribution is 5.94. The van der Waals surface area contributed by atoms with E-state index in [1.54, 1.807) is 24.1 Å². The number of piperazine rings is 1. The van der Waals surface area contributed by atoms with Crippen LogP contribution in [0.1, 0.15) is 16.1 Å². The summed E-state index contributed by atoms with van der Waals surface area (Å²) in [6.45, 7) is 3.59.